The van der Waals surface area contributed by atoms with Crippen molar-refractivity contribution in [3.05, 3.63) is 65.0 Å². The quantitative estimate of drug-likeness (QED) is 0.618. The monoisotopic (exact) mass is 379 g/mol. The Morgan fingerprint density at radius 3 is 2.75 bits per heavy atom. The maximum Gasteiger partial charge on any atom is 0.191 e. The maximum absolute atomic E-state index is 14.1. The Labute approximate surface area is 165 Å². The van der Waals surface area contributed by atoms with Gasteiger partial charge in [-0.25, -0.2) is 9.38 Å². The molecule has 0 aromatic heterocycles. The second-order valence-electron chi connectivity index (χ2n) is 7.02. The molecule has 2 aromatic carbocycles. The van der Waals surface area contributed by atoms with Gasteiger partial charge in [0.1, 0.15) is 5.82 Å². The van der Waals surface area contributed by atoms with Crippen LogP contribution in [0.25, 0.3) is 0 Å². The molecule has 1 saturated heterocycles. The molecule has 28 heavy (non-hydrogen) atoms. The highest BCUT2D eigenvalue weighted by atomic mass is 19.1. The van der Waals surface area contributed by atoms with E-state index in [-0.39, 0.29) is 12.6 Å². The van der Waals surface area contributed by atoms with Crippen LogP contribution in [0.15, 0.2) is 47.5 Å². The largest absolute Gasteiger partial charge is 0.369 e. The lowest BCUT2D eigenvalue weighted by atomic mass is 10.1. The van der Waals surface area contributed by atoms with E-state index in [9.17, 15) is 4.39 Å². The van der Waals surface area contributed by atoms with Gasteiger partial charge in [0, 0.05) is 36.9 Å². The Morgan fingerprint density at radius 1 is 1.29 bits per heavy atom. The molecule has 0 aliphatic carbocycles. The molecular weight excluding hydrogens is 353 g/mol. The van der Waals surface area contributed by atoms with E-state index < -0.39 is 5.82 Å². The third-order valence-electron chi connectivity index (χ3n) is 4.86. The van der Waals surface area contributed by atoms with E-state index in [0.717, 1.165) is 26.1 Å². The normalized spacial score (nSPS) is 16.7. The summed E-state index contributed by atoms with van der Waals surface area (Å²) in [6.45, 7) is 6.95. The van der Waals surface area contributed by atoms with Gasteiger partial charge in [0.05, 0.1) is 18.2 Å². The van der Waals surface area contributed by atoms with Crippen LogP contribution in [0.1, 0.15) is 30.0 Å². The lowest BCUT2D eigenvalue weighted by molar-refractivity contribution is 0.608. The van der Waals surface area contributed by atoms with E-state index >= 15 is 0 Å². The summed E-state index contributed by atoms with van der Waals surface area (Å²) in [4.78, 5) is 6.89. The third-order valence-corrected chi connectivity index (χ3v) is 4.86. The van der Waals surface area contributed by atoms with Gasteiger partial charge in [-0.3, -0.25) is 0 Å². The zero-order chi connectivity index (χ0) is 19.9. The lowest BCUT2D eigenvalue weighted by Gasteiger charge is -2.20. The van der Waals surface area contributed by atoms with Crippen LogP contribution in [-0.2, 0) is 6.54 Å². The fourth-order valence-corrected chi connectivity index (χ4v) is 3.29. The number of aryl methyl sites for hydroxylation is 1. The lowest BCUT2D eigenvalue weighted by Crippen LogP contribution is -2.44. The fraction of sp³-hybridized carbons (Fsp3) is 0.364. The Kier molecular flexibility index (Phi) is 6.49. The van der Waals surface area contributed by atoms with Gasteiger partial charge in [0.15, 0.2) is 5.96 Å². The first-order chi connectivity index (χ1) is 13.6. The molecule has 0 bridgehead atoms. The number of hydrogen-bond donors (Lipinski definition) is 2. The van der Waals surface area contributed by atoms with Crippen molar-refractivity contribution in [3.63, 3.8) is 0 Å². The number of nitrogens with zero attached hydrogens (tertiary/aromatic N) is 3. The van der Waals surface area contributed by atoms with Crippen molar-refractivity contribution in [1.29, 1.82) is 5.26 Å². The molecule has 0 spiro atoms. The number of aliphatic imine (C=N–C) groups is 1. The minimum atomic E-state index is -0.398. The predicted molar refractivity (Wildman–Crippen MR) is 111 cm³/mol. The first kappa shape index (κ1) is 19.7. The van der Waals surface area contributed by atoms with Crippen LogP contribution in [0.3, 0.4) is 0 Å². The van der Waals surface area contributed by atoms with Crippen molar-refractivity contribution in [2.75, 3.05) is 24.5 Å². The summed E-state index contributed by atoms with van der Waals surface area (Å²) in [6, 6.07) is 15.3. The minimum Gasteiger partial charge on any atom is -0.369 e. The molecule has 146 valence electrons. The van der Waals surface area contributed by atoms with Crippen LogP contribution >= 0.6 is 0 Å². The van der Waals surface area contributed by atoms with E-state index in [4.69, 9.17) is 5.26 Å². The third kappa shape index (κ3) is 5.01. The van der Waals surface area contributed by atoms with E-state index in [2.05, 4.69) is 51.7 Å². The number of halogens is 1. The van der Waals surface area contributed by atoms with Gasteiger partial charge in [-0.1, -0.05) is 23.8 Å². The minimum absolute atomic E-state index is 0.223. The molecule has 1 unspecified atom stereocenters. The number of benzene rings is 2. The highest BCUT2D eigenvalue weighted by molar-refractivity contribution is 5.80. The smallest absolute Gasteiger partial charge is 0.191 e. The van der Waals surface area contributed by atoms with Crippen LogP contribution in [0.4, 0.5) is 10.1 Å². The molecule has 1 aliphatic rings. The first-order valence-electron chi connectivity index (χ1n) is 9.64. The average Bonchev–Trinajstić information content (AvgIpc) is 3.16. The van der Waals surface area contributed by atoms with Gasteiger partial charge in [0.2, 0.25) is 0 Å². The molecule has 1 fully saturated rings. The molecule has 1 aliphatic heterocycles. The summed E-state index contributed by atoms with van der Waals surface area (Å²) >= 11 is 0. The molecular formula is C22H26FN5. The van der Waals surface area contributed by atoms with Crippen LogP contribution in [0.5, 0.6) is 0 Å². The molecule has 1 heterocycles. The average molecular weight is 379 g/mol. The Balaban J connectivity index is 1.62. The summed E-state index contributed by atoms with van der Waals surface area (Å²) in [5.41, 5.74) is 3.28. The molecule has 2 aromatic rings. The number of hydrogen-bond acceptors (Lipinski definition) is 3. The standard InChI is InChI=1S/C22H26FN5/c1-3-25-22(26-14-18-7-6-17(13-24)12-21(18)23)27-19-10-11-28(15-19)20-8-4-16(2)5-9-20/h4-9,12,19H,3,10-11,14-15H2,1-2H3,(H2,25,26,27). The predicted octanol–water partition coefficient (Wildman–Crippen LogP) is 3.34. The summed E-state index contributed by atoms with van der Waals surface area (Å²) in [6.07, 6.45) is 1.02. The molecule has 0 amide bonds. The second-order valence-corrected chi connectivity index (χ2v) is 7.02. The van der Waals surface area contributed by atoms with Gasteiger partial charge in [-0.2, -0.15) is 5.26 Å². The van der Waals surface area contributed by atoms with Crippen molar-refractivity contribution in [3.8, 4) is 6.07 Å². The number of nitrogens with one attached hydrogen (secondary N) is 2. The topological polar surface area (TPSA) is 63.5 Å². The second kappa shape index (κ2) is 9.23. The van der Waals surface area contributed by atoms with Crippen LogP contribution in [-0.4, -0.2) is 31.6 Å². The van der Waals surface area contributed by atoms with Crippen LogP contribution < -0.4 is 15.5 Å². The summed E-state index contributed by atoms with van der Waals surface area (Å²) in [5, 5.41) is 15.5. The molecule has 0 radical (unpaired) electrons. The SMILES string of the molecule is CCNC(=NCc1ccc(C#N)cc1F)NC1CCN(c2ccc(C)cc2)C1. The maximum atomic E-state index is 14.1. The summed E-state index contributed by atoms with van der Waals surface area (Å²) in [5.74, 6) is 0.284. The Bertz CT molecular complexity index is 869. The molecule has 0 saturated carbocycles. The van der Waals surface area contributed by atoms with Crippen LogP contribution in [0, 0.1) is 24.1 Å². The van der Waals surface area contributed by atoms with Gasteiger partial charge in [0.25, 0.3) is 0 Å². The van der Waals surface area contributed by atoms with Gasteiger partial charge >= 0.3 is 0 Å². The highest BCUT2D eigenvalue weighted by Crippen LogP contribution is 2.20. The number of anilines is 1. The van der Waals surface area contributed by atoms with E-state index in [1.54, 1.807) is 12.1 Å². The highest BCUT2D eigenvalue weighted by Gasteiger charge is 2.23. The number of guanidine groups is 1. The van der Waals surface area contributed by atoms with Gasteiger partial charge in [-0.05, 0) is 44.5 Å². The fourth-order valence-electron chi connectivity index (χ4n) is 3.29. The van der Waals surface area contributed by atoms with Crippen molar-refractivity contribution >= 4 is 11.6 Å². The molecule has 1 atom stereocenters. The zero-order valence-corrected chi connectivity index (χ0v) is 16.4. The number of rotatable bonds is 5. The molecule has 2 N–H and O–H groups in total. The molecule has 5 nitrogen and oxygen atoms in total. The van der Waals surface area contributed by atoms with Crippen LogP contribution in [0.2, 0.25) is 0 Å². The van der Waals surface area contributed by atoms with Crippen molar-refractivity contribution in [2.45, 2.75) is 32.9 Å². The number of nitriles is 1. The zero-order valence-electron chi connectivity index (χ0n) is 16.4. The van der Waals surface area contributed by atoms with Crippen molar-refractivity contribution in [1.82, 2.24) is 10.6 Å². The van der Waals surface area contributed by atoms with Gasteiger partial charge < -0.3 is 15.5 Å². The van der Waals surface area contributed by atoms with Crippen molar-refractivity contribution < 1.29 is 4.39 Å². The molecule has 6 heteroatoms. The van der Waals surface area contributed by atoms with E-state index in [0.29, 0.717) is 17.1 Å². The Hall–Kier alpha value is -3.07. The molecule has 3 rings (SSSR count). The van der Waals surface area contributed by atoms with Crippen molar-refractivity contribution in [2.24, 2.45) is 4.99 Å². The van der Waals surface area contributed by atoms with E-state index in [1.165, 1.54) is 17.3 Å². The summed E-state index contributed by atoms with van der Waals surface area (Å²) < 4.78 is 14.1. The first-order valence-corrected chi connectivity index (χ1v) is 9.64. The summed E-state index contributed by atoms with van der Waals surface area (Å²) in [7, 11) is 0. The Morgan fingerprint density at radius 2 is 2.07 bits per heavy atom. The van der Waals surface area contributed by atoms with E-state index in [1.807, 2.05) is 13.0 Å². The van der Waals surface area contributed by atoms with Gasteiger partial charge in [-0.15, -0.1) is 0 Å².